The van der Waals surface area contributed by atoms with E-state index in [1.54, 1.807) is 0 Å². The van der Waals surface area contributed by atoms with Crippen LogP contribution in [0.3, 0.4) is 0 Å². The molecular weight excluding hydrogens is 222 g/mol. The zero-order valence-electron chi connectivity index (χ0n) is 10.7. The van der Waals surface area contributed by atoms with Gasteiger partial charge in [0.25, 0.3) is 0 Å². The van der Waals surface area contributed by atoms with Gasteiger partial charge in [0.05, 0.1) is 7.11 Å². The summed E-state index contributed by atoms with van der Waals surface area (Å²) in [5, 5.41) is 2.70. The Bertz CT molecular complexity index is 272. The maximum Gasteiger partial charge on any atom is 0.328 e. The molecule has 0 spiro atoms. The number of methoxy groups -OCH3 is 1. The number of hydrogen-bond acceptors (Lipinski definition) is 4. The molecule has 1 heterocycles. The number of ether oxygens (including phenoxy) is 2. The monoisotopic (exact) mass is 243 g/mol. The van der Waals surface area contributed by atoms with E-state index in [0.29, 0.717) is 6.61 Å². The maximum atomic E-state index is 11.9. The van der Waals surface area contributed by atoms with E-state index >= 15 is 0 Å². The molecule has 1 N–H and O–H groups in total. The molecular formula is C12H21NO4. The fraction of sp³-hybridized carbons (Fsp3) is 0.833. The van der Waals surface area contributed by atoms with Crippen LogP contribution < -0.4 is 5.32 Å². The van der Waals surface area contributed by atoms with Crippen LogP contribution in [0.25, 0.3) is 0 Å². The highest BCUT2D eigenvalue weighted by molar-refractivity contribution is 5.87. The topological polar surface area (TPSA) is 64.6 Å². The highest BCUT2D eigenvalue weighted by Crippen LogP contribution is 2.13. The third kappa shape index (κ3) is 4.00. The summed E-state index contributed by atoms with van der Waals surface area (Å²) in [6.07, 6.45) is 2.28. The molecule has 1 amide bonds. The Morgan fingerprint density at radius 1 is 1.35 bits per heavy atom. The Morgan fingerprint density at radius 3 is 2.53 bits per heavy atom. The summed E-state index contributed by atoms with van der Waals surface area (Å²) in [6.45, 7) is 4.34. The molecule has 1 rings (SSSR count). The van der Waals surface area contributed by atoms with Gasteiger partial charge in [0.1, 0.15) is 12.1 Å². The highest BCUT2D eigenvalue weighted by atomic mass is 16.5. The SMILES string of the molecule is COC(=O)C(NC(=O)[C@@H]1CCCCO1)C(C)C. The van der Waals surface area contributed by atoms with Crippen molar-refractivity contribution in [2.45, 2.75) is 45.3 Å². The average Bonchev–Trinajstić information content (AvgIpc) is 2.35. The fourth-order valence-corrected chi connectivity index (χ4v) is 1.82. The van der Waals surface area contributed by atoms with Crippen LogP contribution in [-0.4, -0.2) is 37.7 Å². The summed E-state index contributed by atoms with van der Waals surface area (Å²) in [4.78, 5) is 23.4. The second-order valence-electron chi connectivity index (χ2n) is 4.61. The molecule has 0 radical (unpaired) electrons. The van der Waals surface area contributed by atoms with Crippen molar-refractivity contribution in [1.29, 1.82) is 0 Å². The first-order chi connectivity index (χ1) is 8.06. The van der Waals surface area contributed by atoms with Crippen molar-refractivity contribution in [3.8, 4) is 0 Å². The molecule has 0 bridgehead atoms. The van der Waals surface area contributed by atoms with Gasteiger partial charge < -0.3 is 14.8 Å². The molecule has 1 fully saturated rings. The molecule has 1 unspecified atom stereocenters. The number of carbonyl (C=O) groups excluding carboxylic acids is 2. The van der Waals surface area contributed by atoms with Crippen molar-refractivity contribution in [3.05, 3.63) is 0 Å². The maximum absolute atomic E-state index is 11.9. The molecule has 98 valence electrons. The zero-order valence-corrected chi connectivity index (χ0v) is 10.7. The summed E-state index contributed by atoms with van der Waals surface area (Å²) in [7, 11) is 1.32. The molecule has 1 saturated heterocycles. The Balaban J connectivity index is 2.54. The summed E-state index contributed by atoms with van der Waals surface area (Å²) >= 11 is 0. The van der Waals surface area contributed by atoms with Crippen molar-refractivity contribution >= 4 is 11.9 Å². The lowest BCUT2D eigenvalue weighted by Gasteiger charge is -2.25. The first-order valence-corrected chi connectivity index (χ1v) is 6.06. The largest absolute Gasteiger partial charge is 0.467 e. The van der Waals surface area contributed by atoms with Gasteiger partial charge in [0, 0.05) is 6.61 Å². The van der Waals surface area contributed by atoms with Gasteiger partial charge in [0.15, 0.2) is 0 Å². The Hall–Kier alpha value is -1.10. The number of hydrogen-bond donors (Lipinski definition) is 1. The Morgan fingerprint density at radius 2 is 2.06 bits per heavy atom. The summed E-state index contributed by atoms with van der Waals surface area (Å²) < 4.78 is 10.0. The summed E-state index contributed by atoms with van der Waals surface area (Å²) in [5.41, 5.74) is 0. The number of carbonyl (C=O) groups is 2. The van der Waals surface area contributed by atoms with Crippen LogP contribution in [0.15, 0.2) is 0 Å². The molecule has 17 heavy (non-hydrogen) atoms. The van der Waals surface area contributed by atoms with Crippen LogP contribution in [0.5, 0.6) is 0 Å². The second kappa shape index (κ2) is 6.59. The minimum absolute atomic E-state index is 0.00464. The van der Waals surface area contributed by atoms with Crippen molar-refractivity contribution < 1.29 is 19.1 Å². The predicted molar refractivity (Wildman–Crippen MR) is 62.4 cm³/mol. The lowest BCUT2D eigenvalue weighted by molar-refractivity contribution is -0.149. The molecule has 0 aromatic heterocycles. The Kier molecular flexibility index (Phi) is 5.41. The molecule has 0 aromatic carbocycles. The standard InChI is InChI=1S/C12H21NO4/c1-8(2)10(12(15)16-3)13-11(14)9-6-4-5-7-17-9/h8-10H,4-7H2,1-3H3,(H,13,14)/t9-,10?/m0/s1. The number of rotatable bonds is 4. The number of amides is 1. The minimum atomic E-state index is -0.599. The van der Waals surface area contributed by atoms with E-state index in [-0.39, 0.29) is 11.8 Å². The van der Waals surface area contributed by atoms with Crippen LogP contribution in [0.1, 0.15) is 33.1 Å². The van der Waals surface area contributed by atoms with Crippen LogP contribution in [0.2, 0.25) is 0 Å². The Labute approximate surface area is 102 Å². The quantitative estimate of drug-likeness (QED) is 0.744. The van der Waals surface area contributed by atoms with Gasteiger partial charge >= 0.3 is 5.97 Å². The molecule has 5 nitrogen and oxygen atoms in total. The van der Waals surface area contributed by atoms with Gasteiger partial charge in [0.2, 0.25) is 5.91 Å². The summed E-state index contributed by atoms with van der Waals surface area (Å²) in [5.74, 6) is -0.632. The van der Waals surface area contributed by atoms with E-state index in [1.165, 1.54) is 7.11 Å². The van der Waals surface area contributed by atoms with Gasteiger partial charge in [-0.25, -0.2) is 4.79 Å². The normalized spacial score (nSPS) is 22.0. The first kappa shape index (κ1) is 14.0. The van der Waals surface area contributed by atoms with E-state index in [1.807, 2.05) is 13.8 Å². The molecule has 0 saturated carbocycles. The number of esters is 1. The molecule has 0 aromatic rings. The van der Waals surface area contributed by atoms with E-state index in [9.17, 15) is 9.59 Å². The van der Waals surface area contributed by atoms with Crippen molar-refractivity contribution in [2.24, 2.45) is 5.92 Å². The van der Waals surface area contributed by atoms with Gasteiger partial charge in [-0.05, 0) is 25.2 Å². The van der Waals surface area contributed by atoms with Gasteiger partial charge in [-0.3, -0.25) is 4.79 Å². The van der Waals surface area contributed by atoms with Crippen LogP contribution >= 0.6 is 0 Å². The molecule has 2 atom stereocenters. The fourth-order valence-electron chi connectivity index (χ4n) is 1.82. The lowest BCUT2D eigenvalue weighted by atomic mass is 10.0. The van der Waals surface area contributed by atoms with E-state index < -0.39 is 18.1 Å². The van der Waals surface area contributed by atoms with Crippen LogP contribution in [0.4, 0.5) is 0 Å². The molecule has 5 heteroatoms. The van der Waals surface area contributed by atoms with Crippen molar-refractivity contribution in [1.82, 2.24) is 5.32 Å². The smallest absolute Gasteiger partial charge is 0.328 e. The third-order valence-electron chi connectivity index (χ3n) is 2.89. The van der Waals surface area contributed by atoms with Crippen molar-refractivity contribution in [3.63, 3.8) is 0 Å². The number of nitrogens with one attached hydrogen (secondary N) is 1. The van der Waals surface area contributed by atoms with Crippen LogP contribution in [-0.2, 0) is 19.1 Å². The molecule has 1 aliphatic rings. The molecule has 0 aliphatic carbocycles. The van der Waals surface area contributed by atoms with Gasteiger partial charge in [-0.2, -0.15) is 0 Å². The van der Waals surface area contributed by atoms with E-state index in [0.717, 1.165) is 19.3 Å². The van der Waals surface area contributed by atoms with E-state index in [4.69, 9.17) is 4.74 Å². The third-order valence-corrected chi connectivity index (χ3v) is 2.89. The second-order valence-corrected chi connectivity index (χ2v) is 4.61. The zero-order chi connectivity index (χ0) is 12.8. The lowest BCUT2D eigenvalue weighted by Crippen LogP contribution is -2.49. The summed E-state index contributed by atoms with van der Waals surface area (Å²) in [6, 6.07) is -0.599. The van der Waals surface area contributed by atoms with E-state index in [2.05, 4.69) is 10.1 Å². The first-order valence-electron chi connectivity index (χ1n) is 6.06. The predicted octanol–water partition coefficient (Wildman–Crippen LogP) is 0.869. The minimum Gasteiger partial charge on any atom is -0.467 e. The molecule has 1 aliphatic heterocycles. The van der Waals surface area contributed by atoms with Crippen molar-refractivity contribution in [2.75, 3.05) is 13.7 Å². The van der Waals surface area contributed by atoms with Gasteiger partial charge in [-0.15, -0.1) is 0 Å². The highest BCUT2D eigenvalue weighted by Gasteiger charge is 2.29. The van der Waals surface area contributed by atoms with Crippen LogP contribution in [0, 0.1) is 5.92 Å². The average molecular weight is 243 g/mol. The van der Waals surface area contributed by atoms with Gasteiger partial charge in [-0.1, -0.05) is 13.8 Å².